The molecule has 0 bridgehead atoms. The average molecular weight is 382 g/mol. The zero-order chi connectivity index (χ0) is 19.6. The summed E-state index contributed by atoms with van der Waals surface area (Å²) < 4.78 is 5.21. The molecule has 28 heavy (non-hydrogen) atoms. The van der Waals surface area contributed by atoms with Crippen LogP contribution in [-0.2, 0) is 17.6 Å². The quantitative estimate of drug-likeness (QED) is 0.723. The molecule has 3 rings (SSSR count). The Morgan fingerprint density at radius 2 is 1.54 bits per heavy atom. The van der Waals surface area contributed by atoms with Crippen LogP contribution in [-0.4, -0.2) is 68.6 Å². The van der Waals surface area contributed by atoms with Gasteiger partial charge < -0.3 is 15.0 Å². The van der Waals surface area contributed by atoms with Gasteiger partial charge in [0.25, 0.3) is 0 Å². The van der Waals surface area contributed by atoms with Crippen LogP contribution in [0.4, 0.5) is 0 Å². The van der Waals surface area contributed by atoms with Gasteiger partial charge in [0.05, 0.1) is 13.7 Å². The fourth-order valence-electron chi connectivity index (χ4n) is 3.50. The van der Waals surface area contributed by atoms with Gasteiger partial charge >= 0.3 is 0 Å². The maximum Gasteiger partial charge on any atom is 0.234 e. The molecule has 1 N–H and O–H groups in total. The summed E-state index contributed by atoms with van der Waals surface area (Å²) >= 11 is 0. The predicted molar refractivity (Wildman–Crippen MR) is 113 cm³/mol. The van der Waals surface area contributed by atoms with E-state index in [1.807, 2.05) is 30.3 Å². The maximum atomic E-state index is 12.2. The number of methoxy groups -OCH3 is 1. The van der Waals surface area contributed by atoms with Gasteiger partial charge in [-0.2, -0.15) is 0 Å². The molecule has 0 atom stereocenters. The number of hydrogen-bond acceptors (Lipinski definition) is 4. The fraction of sp³-hybridized carbons (Fsp3) is 0.435. The van der Waals surface area contributed by atoms with Crippen LogP contribution in [0.15, 0.2) is 54.6 Å². The van der Waals surface area contributed by atoms with E-state index in [4.69, 9.17) is 4.74 Å². The lowest BCUT2D eigenvalue weighted by Gasteiger charge is -2.34. The van der Waals surface area contributed by atoms with Crippen LogP contribution in [0, 0.1) is 0 Å². The van der Waals surface area contributed by atoms with Crippen molar-refractivity contribution in [2.75, 3.05) is 52.9 Å². The highest BCUT2D eigenvalue weighted by molar-refractivity contribution is 5.78. The van der Waals surface area contributed by atoms with Crippen molar-refractivity contribution < 1.29 is 9.53 Å². The Labute approximate surface area is 168 Å². The van der Waals surface area contributed by atoms with Crippen molar-refractivity contribution in [3.63, 3.8) is 0 Å². The number of nitrogens with one attached hydrogen (secondary N) is 1. The van der Waals surface area contributed by atoms with Gasteiger partial charge in [-0.1, -0.05) is 42.5 Å². The third kappa shape index (κ3) is 6.66. The molecule has 0 unspecified atom stereocenters. The summed E-state index contributed by atoms with van der Waals surface area (Å²) in [5.74, 6) is 1.03. The highest BCUT2D eigenvalue weighted by Crippen LogP contribution is 2.12. The second-order valence-corrected chi connectivity index (χ2v) is 7.30. The number of benzene rings is 2. The molecule has 1 saturated heterocycles. The van der Waals surface area contributed by atoms with Gasteiger partial charge in [0.2, 0.25) is 5.91 Å². The molecule has 0 radical (unpaired) electrons. The second kappa shape index (κ2) is 10.8. The zero-order valence-corrected chi connectivity index (χ0v) is 16.8. The van der Waals surface area contributed by atoms with Gasteiger partial charge in [-0.15, -0.1) is 0 Å². The van der Waals surface area contributed by atoms with E-state index < -0.39 is 0 Å². The number of carbonyl (C=O) groups is 1. The Balaban J connectivity index is 1.29. The molecule has 5 heteroatoms. The van der Waals surface area contributed by atoms with Gasteiger partial charge in [0.1, 0.15) is 5.75 Å². The Bertz CT molecular complexity index is 710. The monoisotopic (exact) mass is 381 g/mol. The topological polar surface area (TPSA) is 44.8 Å². The fourth-order valence-corrected chi connectivity index (χ4v) is 3.50. The van der Waals surface area contributed by atoms with Crippen LogP contribution in [0.2, 0.25) is 0 Å². The summed E-state index contributed by atoms with van der Waals surface area (Å²) in [6, 6.07) is 18.6. The molecule has 1 heterocycles. The van der Waals surface area contributed by atoms with E-state index in [0.29, 0.717) is 13.1 Å². The van der Waals surface area contributed by atoms with E-state index in [1.165, 1.54) is 11.1 Å². The lowest BCUT2D eigenvalue weighted by Crippen LogP contribution is -2.49. The molecule has 5 nitrogen and oxygen atoms in total. The summed E-state index contributed by atoms with van der Waals surface area (Å²) in [6.07, 6.45) is 1.93. The summed E-state index contributed by atoms with van der Waals surface area (Å²) in [5.41, 5.74) is 2.59. The number of nitrogens with zero attached hydrogens (tertiary/aromatic N) is 2. The minimum absolute atomic E-state index is 0.127. The van der Waals surface area contributed by atoms with Crippen LogP contribution in [0.5, 0.6) is 5.75 Å². The number of ether oxygens (including phenoxy) is 1. The summed E-state index contributed by atoms with van der Waals surface area (Å²) in [5, 5.41) is 3.04. The Morgan fingerprint density at radius 1 is 0.893 bits per heavy atom. The molecular weight excluding hydrogens is 350 g/mol. The minimum atomic E-state index is 0.127. The first-order valence-electron chi connectivity index (χ1n) is 10.1. The lowest BCUT2D eigenvalue weighted by molar-refractivity contribution is -0.122. The maximum absolute atomic E-state index is 12.2. The number of hydrogen-bond donors (Lipinski definition) is 1. The van der Waals surface area contributed by atoms with Crippen molar-refractivity contribution in [2.24, 2.45) is 0 Å². The summed E-state index contributed by atoms with van der Waals surface area (Å²) in [4.78, 5) is 16.9. The standard InChI is InChI=1S/C23H31N3O2/c1-28-22-9-7-21(8-10-22)12-14-25-15-17-26(18-16-25)19-23(27)24-13-11-20-5-3-2-4-6-20/h2-10H,11-19H2,1H3,(H,24,27). The number of piperazine rings is 1. The summed E-state index contributed by atoms with van der Waals surface area (Å²) in [6.45, 7) is 6.21. The Kier molecular flexibility index (Phi) is 7.88. The van der Waals surface area contributed by atoms with Crippen LogP contribution in [0.3, 0.4) is 0 Å². The molecule has 0 aromatic heterocycles. The van der Waals surface area contributed by atoms with Crippen molar-refractivity contribution in [3.05, 3.63) is 65.7 Å². The van der Waals surface area contributed by atoms with E-state index in [0.717, 1.165) is 51.3 Å². The SMILES string of the molecule is COc1ccc(CCN2CCN(CC(=O)NCCc3ccccc3)CC2)cc1. The van der Waals surface area contributed by atoms with E-state index in [-0.39, 0.29) is 5.91 Å². The van der Waals surface area contributed by atoms with Gasteiger partial charge in [0, 0.05) is 39.3 Å². The first-order chi connectivity index (χ1) is 13.7. The van der Waals surface area contributed by atoms with E-state index in [2.05, 4.69) is 39.4 Å². The van der Waals surface area contributed by atoms with Crippen molar-refractivity contribution in [1.29, 1.82) is 0 Å². The van der Waals surface area contributed by atoms with E-state index >= 15 is 0 Å². The van der Waals surface area contributed by atoms with Crippen molar-refractivity contribution >= 4 is 5.91 Å². The molecule has 1 aliphatic rings. The van der Waals surface area contributed by atoms with Crippen molar-refractivity contribution in [2.45, 2.75) is 12.8 Å². The molecular formula is C23H31N3O2. The smallest absolute Gasteiger partial charge is 0.234 e. The van der Waals surface area contributed by atoms with Crippen LogP contribution >= 0.6 is 0 Å². The normalized spacial score (nSPS) is 15.3. The largest absolute Gasteiger partial charge is 0.497 e. The van der Waals surface area contributed by atoms with Crippen LogP contribution in [0.1, 0.15) is 11.1 Å². The second-order valence-electron chi connectivity index (χ2n) is 7.30. The highest BCUT2D eigenvalue weighted by Gasteiger charge is 2.18. The molecule has 1 amide bonds. The average Bonchev–Trinajstić information content (AvgIpc) is 2.74. The van der Waals surface area contributed by atoms with E-state index in [9.17, 15) is 4.79 Å². The lowest BCUT2D eigenvalue weighted by atomic mass is 10.1. The first-order valence-corrected chi connectivity index (χ1v) is 10.1. The summed E-state index contributed by atoms with van der Waals surface area (Å²) in [7, 11) is 1.69. The molecule has 2 aromatic carbocycles. The highest BCUT2D eigenvalue weighted by atomic mass is 16.5. The molecule has 0 saturated carbocycles. The predicted octanol–water partition coefficient (Wildman–Crippen LogP) is 2.21. The van der Waals surface area contributed by atoms with Gasteiger partial charge in [0.15, 0.2) is 0 Å². The zero-order valence-electron chi connectivity index (χ0n) is 16.8. The molecule has 1 fully saturated rings. The van der Waals surface area contributed by atoms with Gasteiger partial charge in [-0.05, 0) is 36.1 Å². The van der Waals surface area contributed by atoms with Crippen LogP contribution in [0.25, 0.3) is 0 Å². The number of carbonyl (C=O) groups excluding carboxylic acids is 1. The number of rotatable bonds is 9. The van der Waals surface area contributed by atoms with E-state index in [1.54, 1.807) is 7.11 Å². The van der Waals surface area contributed by atoms with Gasteiger partial charge in [-0.25, -0.2) is 0 Å². The molecule has 2 aromatic rings. The van der Waals surface area contributed by atoms with Crippen molar-refractivity contribution in [1.82, 2.24) is 15.1 Å². The third-order valence-electron chi connectivity index (χ3n) is 5.29. The van der Waals surface area contributed by atoms with Crippen LogP contribution < -0.4 is 10.1 Å². The number of amides is 1. The molecule has 150 valence electrons. The Hall–Kier alpha value is -2.37. The molecule has 1 aliphatic heterocycles. The minimum Gasteiger partial charge on any atom is -0.497 e. The third-order valence-corrected chi connectivity index (χ3v) is 5.29. The molecule has 0 spiro atoms. The Morgan fingerprint density at radius 3 is 2.21 bits per heavy atom. The molecule has 0 aliphatic carbocycles. The van der Waals surface area contributed by atoms with Crippen molar-refractivity contribution in [3.8, 4) is 5.75 Å². The van der Waals surface area contributed by atoms with Gasteiger partial charge in [-0.3, -0.25) is 9.69 Å². The first kappa shape index (κ1) is 20.4.